The average molecular weight is 377 g/mol. The number of rotatable bonds is 9. The molecule has 0 unspecified atom stereocenters. The van der Waals surface area contributed by atoms with Crippen LogP contribution < -0.4 is 9.80 Å². The molecule has 0 radical (unpaired) electrons. The fraction of sp³-hybridized carbons (Fsp3) is 0.350. The van der Waals surface area contributed by atoms with Gasteiger partial charge in [-0.15, -0.1) is 0 Å². The Hall–Kier alpha value is -2.24. The molecule has 0 aromatic heterocycles. The van der Waals surface area contributed by atoms with Crippen molar-refractivity contribution in [3.63, 3.8) is 0 Å². The van der Waals surface area contributed by atoms with Crippen LogP contribution in [0.15, 0.2) is 48.5 Å². The fourth-order valence-corrected chi connectivity index (χ4v) is 3.19. The van der Waals surface area contributed by atoms with Gasteiger partial charge in [0.05, 0.1) is 13.0 Å². The molecule has 0 amide bonds. The molecule has 0 saturated carbocycles. The Morgan fingerprint density at radius 3 is 2.42 bits per heavy atom. The molecule has 0 aliphatic carbocycles. The van der Waals surface area contributed by atoms with E-state index in [1.54, 1.807) is 0 Å². The van der Waals surface area contributed by atoms with E-state index in [0.717, 1.165) is 23.5 Å². The van der Waals surface area contributed by atoms with Gasteiger partial charge in [0.15, 0.2) is 0 Å². The highest BCUT2D eigenvalue weighted by atomic mass is 35.5. The Bertz CT molecular complexity index is 721. The number of aliphatic hydroxyl groups excluding tert-OH is 1. The maximum Gasteiger partial charge on any atom is 0.307 e. The second-order valence-electron chi connectivity index (χ2n) is 6.36. The summed E-state index contributed by atoms with van der Waals surface area (Å²) in [6.07, 6.45) is 0.0272. The summed E-state index contributed by atoms with van der Waals surface area (Å²) in [6, 6.07) is 15.3. The molecule has 0 fully saturated rings. The van der Waals surface area contributed by atoms with Crippen molar-refractivity contribution in [3.8, 4) is 0 Å². The largest absolute Gasteiger partial charge is 0.481 e. The topological polar surface area (TPSA) is 64.0 Å². The molecule has 0 heterocycles. The molecule has 0 spiro atoms. The minimum Gasteiger partial charge on any atom is -0.481 e. The van der Waals surface area contributed by atoms with E-state index in [1.807, 2.05) is 55.6 Å². The van der Waals surface area contributed by atoms with Crippen molar-refractivity contribution in [1.82, 2.24) is 0 Å². The lowest BCUT2D eigenvalue weighted by Gasteiger charge is -2.34. The van der Waals surface area contributed by atoms with Gasteiger partial charge in [0.2, 0.25) is 0 Å². The Morgan fingerprint density at radius 1 is 1.15 bits per heavy atom. The molecular weight excluding hydrogens is 352 g/mol. The lowest BCUT2D eigenvalue weighted by atomic mass is 10.1. The number of carbonyl (C=O) groups is 1. The Balaban J connectivity index is 2.07. The molecule has 2 rings (SSSR count). The number of hydrogen-bond acceptors (Lipinski definition) is 4. The standard InChI is InChI=1S/C20H25ClN2O3/c1-15(23(10-11-24)19-5-3-4-17(21)13-19)14-22(2)18-8-6-16(7-9-18)12-20(25)26/h3-9,13,15,24H,10-12,14H2,1-2H3,(H,25,26)/t15-/m1/s1. The third-order valence-corrected chi connectivity index (χ3v) is 4.52. The first-order valence-electron chi connectivity index (χ1n) is 8.55. The van der Waals surface area contributed by atoms with E-state index in [1.165, 1.54) is 0 Å². The molecular formula is C20H25ClN2O3. The van der Waals surface area contributed by atoms with Crippen molar-refractivity contribution < 1.29 is 15.0 Å². The molecule has 2 N–H and O–H groups in total. The third-order valence-electron chi connectivity index (χ3n) is 4.28. The highest BCUT2D eigenvalue weighted by Gasteiger charge is 2.17. The van der Waals surface area contributed by atoms with Gasteiger partial charge < -0.3 is 20.0 Å². The van der Waals surface area contributed by atoms with E-state index in [2.05, 4.69) is 16.7 Å². The lowest BCUT2D eigenvalue weighted by molar-refractivity contribution is -0.136. The first-order valence-corrected chi connectivity index (χ1v) is 8.93. The van der Waals surface area contributed by atoms with Crippen molar-refractivity contribution >= 4 is 28.9 Å². The van der Waals surface area contributed by atoms with Crippen molar-refractivity contribution in [2.75, 3.05) is 36.5 Å². The van der Waals surface area contributed by atoms with Crippen LogP contribution in [-0.4, -0.2) is 49.0 Å². The number of aliphatic hydroxyl groups is 1. The zero-order valence-corrected chi connectivity index (χ0v) is 15.9. The van der Waals surface area contributed by atoms with Gasteiger partial charge in [0, 0.05) is 42.6 Å². The first-order chi connectivity index (χ1) is 12.4. The molecule has 1 atom stereocenters. The molecule has 6 heteroatoms. The summed E-state index contributed by atoms with van der Waals surface area (Å²) in [6.45, 7) is 3.42. The molecule has 0 aliphatic rings. The number of carboxylic acids is 1. The van der Waals surface area contributed by atoms with Crippen LogP contribution >= 0.6 is 11.6 Å². The van der Waals surface area contributed by atoms with Gasteiger partial charge in [-0.1, -0.05) is 29.8 Å². The molecule has 0 bridgehead atoms. The molecule has 0 aliphatic heterocycles. The van der Waals surface area contributed by atoms with Crippen molar-refractivity contribution in [2.45, 2.75) is 19.4 Å². The molecule has 2 aromatic rings. The van der Waals surface area contributed by atoms with E-state index < -0.39 is 5.97 Å². The van der Waals surface area contributed by atoms with E-state index in [0.29, 0.717) is 11.6 Å². The normalized spacial score (nSPS) is 11.8. The van der Waals surface area contributed by atoms with Gasteiger partial charge in [0.1, 0.15) is 0 Å². The summed E-state index contributed by atoms with van der Waals surface area (Å²) in [5, 5.41) is 19.0. The molecule has 140 valence electrons. The van der Waals surface area contributed by atoms with Gasteiger partial charge in [-0.3, -0.25) is 4.79 Å². The molecule has 26 heavy (non-hydrogen) atoms. The number of halogens is 1. The number of anilines is 2. The molecule has 5 nitrogen and oxygen atoms in total. The minimum absolute atomic E-state index is 0.0272. The predicted octanol–water partition coefficient (Wildman–Crippen LogP) is 3.29. The lowest BCUT2D eigenvalue weighted by Crippen LogP contribution is -2.42. The van der Waals surface area contributed by atoms with Crippen LogP contribution in [0.2, 0.25) is 5.02 Å². The van der Waals surface area contributed by atoms with E-state index in [4.69, 9.17) is 16.7 Å². The highest BCUT2D eigenvalue weighted by molar-refractivity contribution is 6.30. The highest BCUT2D eigenvalue weighted by Crippen LogP contribution is 2.23. The second kappa shape index (κ2) is 9.46. The third kappa shape index (κ3) is 5.64. The fourth-order valence-electron chi connectivity index (χ4n) is 3.01. The van der Waals surface area contributed by atoms with Gasteiger partial charge in [-0.25, -0.2) is 0 Å². The predicted molar refractivity (Wildman–Crippen MR) is 106 cm³/mol. The summed E-state index contributed by atoms with van der Waals surface area (Å²) in [5.74, 6) is -0.833. The number of carboxylic acid groups (broad SMARTS) is 1. The number of hydrogen-bond donors (Lipinski definition) is 2. The van der Waals surface area contributed by atoms with Crippen molar-refractivity contribution in [3.05, 3.63) is 59.1 Å². The monoisotopic (exact) mass is 376 g/mol. The van der Waals surface area contributed by atoms with Crippen LogP contribution in [0.25, 0.3) is 0 Å². The van der Waals surface area contributed by atoms with Crippen molar-refractivity contribution in [1.29, 1.82) is 0 Å². The van der Waals surface area contributed by atoms with Gasteiger partial charge in [-0.05, 0) is 42.8 Å². The smallest absolute Gasteiger partial charge is 0.307 e. The van der Waals surface area contributed by atoms with Crippen molar-refractivity contribution in [2.24, 2.45) is 0 Å². The van der Waals surface area contributed by atoms with Crippen LogP contribution in [0.5, 0.6) is 0 Å². The van der Waals surface area contributed by atoms with E-state index >= 15 is 0 Å². The Kier molecular flexibility index (Phi) is 7.30. The van der Waals surface area contributed by atoms with E-state index in [9.17, 15) is 9.90 Å². The summed E-state index contributed by atoms with van der Waals surface area (Å²) in [4.78, 5) is 15.0. The zero-order chi connectivity index (χ0) is 19.1. The Morgan fingerprint density at radius 2 is 1.85 bits per heavy atom. The van der Waals surface area contributed by atoms with Gasteiger partial charge >= 0.3 is 5.97 Å². The summed E-state index contributed by atoms with van der Waals surface area (Å²) < 4.78 is 0. The van der Waals surface area contributed by atoms with Crippen LogP contribution in [0.3, 0.4) is 0 Å². The van der Waals surface area contributed by atoms with Gasteiger partial charge in [0.25, 0.3) is 0 Å². The van der Waals surface area contributed by atoms with Crippen LogP contribution in [0, 0.1) is 0 Å². The maximum absolute atomic E-state index is 10.8. The van der Waals surface area contributed by atoms with Crippen LogP contribution in [0.4, 0.5) is 11.4 Å². The molecule has 0 saturated heterocycles. The summed E-state index contributed by atoms with van der Waals surface area (Å²) >= 11 is 6.10. The Labute approximate surface area is 159 Å². The second-order valence-corrected chi connectivity index (χ2v) is 6.80. The van der Waals surface area contributed by atoms with E-state index in [-0.39, 0.29) is 19.1 Å². The first kappa shape index (κ1) is 20.1. The molecule has 2 aromatic carbocycles. The number of benzene rings is 2. The quantitative estimate of drug-likeness (QED) is 0.703. The maximum atomic E-state index is 10.8. The van der Waals surface area contributed by atoms with Gasteiger partial charge in [-0.2, -0.15) is 0 Å². The van der Waals surface area contributed by atoms with Crippen LogP contribution in [0.1, 0.15) is 12.5 Å². The SMILES string of the molecule is C[C@H](CN(C)c1ccc(CC(=O)O)cc1)N(CCO)c1cccc(Cl)c1. The minimum atomic E-state index is -0.833. The zero-order valence-electron chi connectivity index (χ0n) is 15.1. The number of likely N-dealkylation sites (N-methyl/N-ethyl adjacent to an activating group) is 1. The average Bonchev–Trinajstić information content (AvgIpc) is 2.59. The van der Waals surface area contributed by atoms with Crippen LogP contribution in [-0.2, 0) is 11.2 Å². The summed E-state index contributed by atoms with van der Waals surface area (Å²) in [5.41, 5.74) is 2.77. The number of aliphatic carboxylic acids is 1. The number of nitrogens with zero attached hydrogens (tertiary/aromatic N) is 2. The summed E-state index contributed by atoms with van der Waals surface area (Å²) in [7, 11) is 2.00.